The van der Waals surface area contributed by atoms with Crippen LogP contribution in [0.4, 0.5) is 19.9 Å². The highest BCUT2D eigenvalue weighted by Gasteiger charge is 2.21. The first kappa shape index (κ1) is 22.5. The molecule has 0 spiro atoms. The number of carbonyl (C=O) groups is 2. The van der Waals surface area contributed by atoms with Crippen LogP contribution in [0.25, 0.3) is 5.69 Å². The molecule has 2 aromatic heterocycles. The van der Waals surface area contributed by atoms with Gasteiger partial charge in [-0.15, -0.1) is 11.3 Å². The summed E-state index contributed by atoms with van der Waals surface area (Å²) in [5.74, 6) is -1.25. The monoisotopic (exact) mass is 462 g/mol. The highest BCUT2D eigenvalue weighted by molar-refractivity contribution is 7.20. The molecule has 0 aliphatic rings. The number of thiophene rings is 1. The highest BCUT2D eigenvalue weighted by Crippen LogP contribution is 2.25. The molecule has 2 heterocycles. The summed E-state index contributed by atoms with van der Waals surface area (Å²) >= 11 is 7.03. The standard InChI is InChI=1S/C21H20ClFN4O3S/c1-2-5-16(25-21(30)26-18-10-9-17(22)31-18)20(29)24-15-8-7-13(12-14(15)23)27-11-4-3-6-19(27)28/h3-4,6-12,16H,2,5H2,1H3,(H,24,29)(H2,25,26,30). The lowest BCUT2D eigenvalue weighted by Gasteiger charge is -2.18. The van der Waals surface area contributed by atoms with Crippen LogP contribution in [0, 0.1) is 5.82 Å². The lowest BCUT2D eigenvalue weighted by molar-refractivity contribution is -0.118. The Kier molecular flexibility index (Phi) is 7.43. The Bertz CT molecular complexity index is 1150. The van der Waals surface area contributed by atoms with E-state index in [2.05, 4.69) is 16.0 Å². The SMILES string of the molecule is CCCC(NC(=O)Nc1ccc(Cl)s1)C(=O)Nc1ccc(-n2ccccc2=O)cc1F. The fourth-order valence-corrected chi connectivity index (χ4v) is 3.80. The minimum Gasteiger partial charge on any atom is -0.326 e. The maximum Gasteiger partial charge on any atom is 0.320 e. The van der Waals surface area contributed by atoms with Crippen molar-refractivity contribution in [3.05, 3.63) is 75.2 Å². The maximum absolute atomic E-state index is 14.6. The van der Waals surface area contributed by atoms with Crippen molar-refractivity contribution in [2.75, 3.05) is 10.6 Å². The first-order chi connectivity index (χ1) is 14.9. The van der Waals surface area contributed by atoms with Crippen LogP contribution < -0.4 is 21.5 Å². The predicted molar refractivity (Wildman–Crippen MR) is 121 cm³/mol. The Hall–Kier alpha value is -3.17. The van der Waals surface area contributed by atoms with Crippen LogP contribution in [-0.2, 0) is 4.79 Å². The third-order valence-electron chi connectivity index (χ3n) is 4.32. The molecule has 0 aliphatic carbocycles. The van der Waals surface area contributed by atoms with E-state index in [9.17, 15) is 18.8 Å². The van der Waals surface area contributed by atoms with Gasteiger partial charge in [0, 0.05) is 18.3 Å². The molecule has 1 atom stereocenters. The molecule has 0 radical (unpaired) electrons. The van der Waals surface area contributed by atoms with Crippen molar-refractivity contribution < 1.29 is 14.0 Å². The molecule has 7 nitrogen and oxygen atoms in total. The van der Waals surface area contributed by atoms with Gasteiger partial charge in [-0.25, -0.2) is 9.18 Å². The number of hydrogen-bond acceptors (Lipinski definition) is 4. The quantitative estimate of drug-likeness (QED) is 0.478. The molecule has 0 bridgehead atoms. The first-order valence-corrected chi connectivity index (χ1v) is 10.7. The lowest BCUT2D eigenvalue weighted by Crippen LogP contribution is -2.45. The number of benzene rings is 1. The van der Waals surface area contributed by atoms with Gasteiger partial charge in [0.15, 0.2) is 0 Å². The molecular formula is C21H20ClFN4O3S. The van der Waals surface area contributed by atoms with Crippen molar-refractivity contribution in [2.45, 2.75) is 25.8 Å². The zero-order chi connectivity index (χ0) is 22.4. The summed E-state index contributed by atoms with van der Waals surface area (Å²) in [5, 5.41) is 8.24. The van der Waals surface area contributed by atoms with E-state index in [0.29, 0.717) is 27.9 Å². The molecule has 0 saturated carbocycles. The summed E-state index contributed by atoms with van der Waals surface area (Å²) < 4.78 is 16.4. The largest absolute Gasteiger partial charge is 0.326 e. The fraction of sp³-hybridized carbons (Fsp3) is 0.190. The number of carbonyl (C=O) groups excluding carboxylic acids is 2. The summed E-state index contributed by atoms with van der Waals surface area (Å²) in [5.41, 5.74) is -0.0201. The molecule has 3 rings (SSSR count). The fourth-order valence-electron chi connectivity index (χ4n) is 2.86. The van der Waals surface area contributed by atoms with E-state index < -0.39 is 23.8 Å². The third kappa shape index (κ3) is 5.93. The lowest BCUT2D eigenvalue weighted by atomic mass is 10.1. The molecule has 3 aromatic rings. The number of rotatable bonds is 7. The number of amides is 3. The first-order valence-electron chi connectivity index (χ1n) is 9.48. The van der Waals surface area contributed by atoms with Gasteiger partial charge in [-0.3, -0.25) is 19.5 Å². The summed E-state index contributed by atoms with van der Waals surface area (Å²) in [6.45, 7) is 1.87. The van der Waals surface area contributed by atoms with Gasteiger partial charge in [0.25, 0.3) is 5.56 Å². The Balaban J connectivity index is 1.69. The molecule has 0 saturated heterocycles. The van der Waals surface area contributed by atoms with E-state index in [1.54, 1.807) is 24.3 Å². The van der Waals surface area contributed by atoms with Crippen molar-refractivity contribution in [3.8, 4) is 5.69 Å². The van der Waals surface area contributed by atoms with Crippen molar-refractivity contribution in [1.82, 2.24) is 9.88 Å². The van der Waals surface area contributed by atoms with Crippen LogP contribution in [0.5, 0.6) is 0 Å². The van der Waals surface area contributed by atoms with E-state index in [-0.39, 0.29) is 11.2 Å². The molecule has 1 aromatic carbocycles. The smallest absolute Gasteiger partial charge is 0.320 e. The molecule has 1 unspecified atom stereocenters. The van der Waals surface area contributed by atoms with Gasteiger partial charge in [-0.05, 0) is 36.8 Å². The summed E-state index contributed by atoms with van der Waals surface area (Å²) in [4.78, 5) is 36.8. The highest BCUT2D eigenvalue weighted by atomic mass is 35.5. The van der Waals surface area contributed by atoms with Gasteiger partial charge < -0.3 is 10.6 Å². The molecular weight excluding hydrogens is 443 g/mol. The minimum absolute atomic E-state index is 0.0499. The number of anilines is 2. The molecule has 31 heavy (non-hydrogen) atoms. The average Bonchev–Trinajstić information content (AvgIpc) is 3.14. The van der Waals surface area contributed by atoms with E-state index in [4.69, 9.17) is 11.6 Å². The van der Waals surface area contributed by atoms with Gasteiger partial charge in [0.1, 0.15) is 11.9 Å². The summed E-state index contributed by atoms with van der Waals surface area (Å²) in [6.07, 6.45) is 2.51. The second-order valence-corrected chi connectivity index (χ2v) is 8.32. The van der Waals surface area contributed by atoms with Gasteiger partial charge in [-0.1, -0.05) is 31.0 Å². The van der Waals surface area contributed by atoms with Crippen LogP contribution in [0.1, 0.15) is 19.8 Å². The Morgan fingerprint density at radius 1 is 1.16 bits per heavy atom. The summed E-state index contributed by atoms with van der Waals surface area (Å²) in [6, 6.07) is 10.5. The van der Waals surface area contributed by atoms with E-state index in [0.717, 1.165) is 6.07 Å². The van der Waals surface area contributed by atoms with Crippen LogP contribution >= 0.6 is 22.9 Å². The van der Waals surface area contributed by atoms with Crippen molar-refractivity contribution in [1.29, 1.82) is 0 Å². The van der Waals surface area contributed by atoms with Crippen molar-refractivity contribution in [3.63, 3.8) is 0 Å². The number of hydrogen-bond donors (Lipinski definition) is 3. The number of nitrogens with one attached hydrogen (secondary N) is 3. The predicted octanol–water partition coefficient (Wildman–Crippen LogP) is 4.62. The van der Waals surface area contributed by atoms with Gasteiger partial charge >= 0.3 is 6.03 Å². The van der Waals surface area contributed by atoms with Crippen molar-refractivity contribution >= 4 is 45.6 Å². The molecule has 0 aliphatic heterocycles. The van der Waals surface area contributed by atoms with Crippen molar-refractivity contribution in [2.24, 2.45) is 0 Å². The molecule has 0 fully saturated rings. The number of urea groups is 1. The Morgan fingerprint density at radius 3 is 2.61 bits per heavy atom. The number of halogens is 2. The molecule has 3 amide bonds. The van der Waals surface area contributed by atoms with E-state index >= 15 is 0 Å². The molecule has 10 heteroatoms. The normalized spacial score (nSPS) is 11.6. The van der Waals surface area contributed by atoms with Gasteiger partial charge in [-0.2, -0.15) is 0 Å². The van der Waals surface area contributed by atoms with Crippen LogP contribution in [-0.4, -0.2) is 22.5 Å². The third-order valence-corrected chi connectivity index (χ3v) is 5.47. The molecule has 3 N–H and O–H groups in total. The zero-order valence-electron chi connectivity index (χ0n) is 16.5. The second-order valence-electron chi connectivity index (χ2n) is 6.61. The Morgan fingerprint density at radius 2 is 1.97 bits per heavy atom. The maximum atomic E-state index is 14.6. The van der Waals surface area contributed by atoms with Crippen LogP contribution in [0.2, 0.25) is 4.34 Å². The number of aromatic nitrogens is 1. The second kappa shape index (κ2) is 10.2. The van der Waals surface area contributed by atoms with Gasteiger partial charge in [0.2, 0.25) is 5.91 Å². The number of nitrogens with zero attached hydrogens (tertiary/aromatic N) is 1. The minimum atomic E-state index is -0.865. The number of pyridine rings is 1. The Labute approximate surface area is 186 Å². The molecule has 162 valence electrons. The van der Waals surface area contributed by atoms with E-state index in [1.165, 1.54) is 40.3 Å². The topological polar surface area (TPSA) is 92.2 Å². The summed E-state index contributed by atoms with van der Waals surface area (Å²) in [7, 11) is 0. The van der Waals surface area contributed by atoms with E-state index in [1.807, 2.05) is 6.92 Å². The average molecular weight is 463 g/mol. The van der Waals surface area contributed by atoms with Crippen LogP contribution in [0.3, 0.4) is 0 Å². The van der Waals surface area contributed by atoms with Gasteiger partial charge in [0.05, 0.1) is 20.7 Å². The van der Waals surface area contributed by atoms with Crippen LogP contribution in [0.15, 0.2) is 59.5 Å². The zero-order valence-corrected chi connectivity index (χ0v) is 18.1.